The number of phenols is 1. The first-order valence-corrected chi connectivity index (χ1v) is 12.9. The average molecular weight is 573 g/mol. The fourth-order valence-electron chi connectivity index (χ4n) is 6.35. The van der Waals surface area contributed by atoms with Crippen LogP contribution < -0.4 is 11.1 Å². The summed E-state index contributed by atoms with van der Waals surface area (Å²) in [5, 5.41) is 46.3. The quantitative estimate of drug-likeness (QED) is 0.227. The van der Waals surface area contributed by atoms with Gasteiger partial charge in [0.2, 0.25) is 5.78 Å². The van der Waals surface area contributed by atoms with Crippen molar-refractivity contribution in [3.8, 4) is 5.75 Å². The highest BCUT2D eigenvalue weighted by Gasteiger charge is 2.60. The first kappa shape index (κ1) is 28.4. The number of nitrogens with one attached hydrogen (secondary N) is 1. The van der Waals surface area contributed by atoms with Crippen LogP contribution in [0.4, 0.5) is 13.2 Å². The van der Waals surface area contributed by atoms with Crippen molar-refractivity contribution in [3.63, 3.8) is 0 Å². The second-order valence-corrected chi connectivity index (χ2v) is 10.6. The molecule has 0 aromatic heterocycles. The molecule has 7 N–H and O–H groups in total. The predicted molar refractivity (Wildman–Crippen MR) is 138 cm³/mol. The topological polar surface area (TPSA) is 170 Å². The van der Waals surface area contributed by atoms with Crippen molar-refractivity contribution in [1.82, 2.24) is 5.32 Å². The van der Waals surface area contributed by atoms with Crippen molar-refractivity contribution in [1.29, 1.82) is 0 Å². The van der Waals surface area contributed by atoms with E-state index < -0.39 is 99.0 Å². The standard InChI is InChI=1S/C29H27F3N2O7/c30-29(31,32)23-15(12-34-7-6-13-4-2-1-3-5-13)10-18(35)21-17(23)9-14-8-16-11-19(36)22(27(33)40)26(39)28(16,41)25(38)20(14)24(21)37/h1-5,10,14,16,34-36,38,41H,6-9,11-12H2,(H2,33,40)/t14?,16-,28-/m0/s1. The Bertz CT molecular complexity index is 1530. The number of hydrogen-bond donors (Lipinski definition) is 6. The molecule has 0 radical (unpaired) electrons. The molecule has 0 heterocycles. The van der Waals surface area contributed by atoms with Gasteiger partial charge >= 0.3 is 6.18 Å². The molecule has 0 saturated heterocycles. The molecule has 41 heavy (non-hydrogen) atoms. The van der Waals surface area contributed by atoms with Crippen molar-refractivity contribution in [2.24, 2.45) is 17.6 Å². The summed E-state index contributed by atoms with van der Waals surface area (Å²) >= 11 is 0. The van der Waals surface area contributed by atoms with E-state index in [9.17, 15) is 48.0 Å². The van der Waals surface area contributed by atoms with Gasteiger partial charge in [-0.2, -0.15) is 13.2 Å². The number of primary amides is 1. The maximum Gasteiger partial charge on any atom is 0.417 e. The van der Waals surface area contributed by atoms with Crippen LogP contribution in [0.25, 0.3) is 0 Å². The summed E-state index contributed by atoms with van der Waals surface area (Å²) < 4.78 is 43.4. The molecule has 3 aliphatic carbocycles. The van der Waals surface area contributed by atoms with E-state index in [0.29, 0.717) is 13.0 Å². The number of nitrogens with two attached hydrogens (primary N) is 1. The largest absolute Gasteiger partial charge is 0.511 e. The molecular formula is C29H27F3N2O7. The fourth-order valence-corrected chi connectivity index (χ4v) is 6.35. The SMILES string of the molecule is NC(=O)C1=C(O)C[C@@H]2CC3Cc4c(c(O)cc(CNCCc5ccccc5)c4C(F)(F)F)C(=O)C3=C(O)[C@]2(O)C1=O. The Kier molecular flexibility index (Phi) is 6.94. The number of Topliss-reactive ketones (excluding diaryl/α,β-unsaturated/α-hetero) is 2. The minimum Gasteiger partial charge on any atom is -0.511 e. The van der Waals surface area contributed by atoms with Gasteiger partial charge in [0, 0.05) is 24.5 Å². The highest BCUT2D eigenvalue weighted by Crippen LogP contribution is 2.53. The molecule has 0 saturated carbocycles. The number of hydrogen-bond acceptors (Lipinski definition) is 8. The number of allylic oxidation sites excluding steroid dienone is 2. The number of rotatable bonds is 6. The lowest BCUT2D eigenvalue weighted by atomic mass is 9.60. The first-order chi connectivity index (χ1) is 19.3. The van der Waals surface area contributed by atoms with Gasteiger partial charge in [-0.25, -0.2) is 0 Å². The fraction of sp³-hybridized carbons (Fsp3) is 0.345. The summed E-state index contributed by atoms with van der Waals surface area (Å²) in [7, 11) is 0. The molecule has 0 aliphatic heterocycles. The van der Waals surface area contributed by atoms with Crippen LogP contribution in [0, 0.1) is 11.8 Å². The zero-order valence-electron chi connectivity index (χ0n) is 21.6. The predicted octanol–water partition coefficient (Wildman–Crippen LogP) is 2.93. The Morgan fingerprint density at radius 2 is 1.78 bits per heavy atom. The van der Waals surface area contributed by atoms with Crippen LogP contribution in [0.2, 0.25) is 0 Å². The van der Waals surface area contributed by atoms with Crippen molar-refractivity contribution in [2.45, 2.75) is 44.0 Å². The maximum absolute atomic E-state index is 14.5. The van der Waals surface area contributed by atoms with Crippen molar-refractivity contribution >= 4 is 17.5 Å². The van der Waals surface area contributed by atoms with Crippen LogP contribution in [-0.4, -0.2) is 50.0 Å². The molecule has 3 aliphatic rings. The molecule has 0 fully saturated rings. The Balaban J connectivity index is 1.54. The van der Waals surface area contributed by atoms with E-state index in [-0.39, 0.29) is 18.5 Å². The molecule has 2 aromatic rings. The second-order valence-electron chi connectivity index (χ2n) is 10.6. The molecule has 1 unspecified atom stereocenters. The van der Waals surface area contributed by atoms with E-state index in [1.54, 1.807) is 0 Å². The van der Waals surface area contributed by atoms with E-state index in [4.69, 9.17) is 5.73 Å². The van der Waals surface area contributed by atoms with E-state index in [1.807, 2.05) is 30.3 Å². The molecule has 0 spiro atoms. The second kappa shape index (κ2) is 10.0. The summed E-state index contributed by atoms with van der Waals surface area (Å²) in [4.78, 5) is 38.3. The van der Waals surface area contributed by atoms with Crippen LogP contribution in [0.5, 0.6) is 5.75 Å². The number of halogens is 3. The number of fused-ring (bicyclic) bond motifs is 3. The van der Waals surface area contributed by atoms with Gasteiger partial charge in [-0.1, -0.05) is 30.3 Å². The molecule has 1 amide bonds. The first-order valence-electron chi connectivity index (χ1n) is 12.9. The number of ketones is 2. The van der Waals surface area contributed by atoms with Crippen LogP contribution in [-0.2, 0) is 35.2 Å². The van der Waals surface area contributed by atoms with E-state index in [0.717, 1.165) is 11.6 Å². The number of amides is 1. The minimum atomic E-state index is -4.90. The van der Waals surface area contributed by atoms with Gasteiger partial charge in [-0.3, -0.25) is 14.4 Å². The highest BCUT2D eigenvalue weighted by atomic mass is 19.4. The Labute approximate surface area is 231 Å². The van der Waals surface area contributed by atoms with Crippen LogP contribution in [0.3, 0.4) is 0 Å². The maximum atomic E-state index is 14.5. The van der Waals surface area contributed by atoms with E-state index in [2.05, 4.69) is 5.32 Å². The summed E-state index contributed by atoms with van der Waals surface area (Å²) in [5.41, 5.74) is -0.567. The Hall–Kier alpha value is -4.16. The van der Waals surface area contributed by atoms with E-state index in [1.165, 1.54) is 0 Å². The third kappa shape index (κ3) is 4.56. The zero-order valence-corrected chi connectivity index (χ0v) is 21.6. The normalized spacial score (nSPS) is 24.2. The summed E-state index contributed by atoms with van der Waals surface area (Å²) in [6.07, 6.45) is -5.52. The lowest BCUT2D eigenvalue weighted by molar-refractivity contribution is -0.144. The third-order valence-corrected chi connectivity index (χ3v) is 8.18. The number of carbonyl (C=O) groups excluding carboxylic acids is 3. The number of carbonyl (C=O) groups is 3. The van der Waals surface area contributed by atoms with Crippen molar-refractivity contribution < 1.29 is 48.0 Å². The highest BCUT2D eigenvalue weighted by molar-refractivity contribution is 6.24. The zero-order chi connectivity index (χ0) is 29.9. The van der Waals surface area contributed by atoms with Crippen LogP contribution >= 0.6 is 0 Å². The molecule has 216 valence electrons. The number of aliphatic hydroxyl groups excluding tert-OH is 2. The molecule has 5 rings (SSSR count). The smallest absolute Gasteiger partial charge is 0.417 e. The lowest BCUT2D eigenvalue weighted by Crippen LogP contribution is -2.57. The molecule has 2 aromatic carbocycles. The van der Waals surface area contributed by atoms with Gasteiger partial charge in [0.1, 0.15) is 22.8 Å². The van der Waals surface area contributed by atoms with Gasteiger partial charge in [0.05, 0.1) is 11.1 Å². The Morgan fingerprint density at radius 1 is 1.10 bits per heavy atom. The average Bonchev–Trinajstić information content (AvgIpc) is 2.88. The van der Waals surface area contributed by atoms with Gasteiger partial charge in [0.15, 0.2) is 11.4 Å². The molecule has 12 heteroatoms. The molecule has 3 atom stereocenters. The number of aromatic hydroxyl groups is 1. The number of benzene rings is 2. The lowest BCUT2D eigenvalue weighted by Gasteiger charge is -2.45. The summed E-state index contributed by atoms with van der Waals surface area (Å²) in [6.45, 7) is 0.0980. The van der Waals surface area contributed by atoms with Crippen LogP contribution in [0.15, 0.2) is 59.1 Å². The number of aliphatic hydroxyl groups is 3. The minimum absolute atomic E-state index is 0.249. The number of phenolic OH excluding ortho intramolecular Hbond substituents is 1. The summed E-state index contributed by atoms with van der Waals surface area (Å²) in [5.74, 6) is -8.81. The molecule has 9 nitrogen and oxygen atoms in total. The van der Waals surface area contributed by atoms with Gasteiger partial charge in [-0.05, 0) is 54.5 Å². The molecular weight excluding hydrogens is 545 g/mol. The molecule has 0 bridgehead atoms. The van der Waals surface area contributed by atoms with E-state index >= 15 is 0 Å². The van der Waals surface area contributed by atoms with Crippen molar-refractivity contribution in [2.75, 3.05) is 6.54 Å². The number of alkyl halides is 3. The van der Waals surface area contributed by atoms with Gasteiger partial charge in [0.25, 0.3) is 5.91 Å². The van der Waals surface area contributed by atoms with Gasteiger partial charge in [-0.15, -0.1) is 0 Å². The summed E-state index contributed by atoms with van der Waals surface area (Å²) in [6, 6.07) is 10.2. The Morgan fingerprint density at radius 3 is 2.41 bits per heavy atom. The third-order valence-electron chi connectivity index (χ3n) is 8.18. The monoisotopic (exact) mass is 572 g/mol. The van der Waals surface area contributed by atoms with Crippen LogP contribution in [0.1, 0.15) is 45.5 Å². The van der Waals surface area contributed by atoms with Crippen molar-refractivity contribution in [3.05, 3.63) is 86.9 Å². The van der Waals surface area contributed by atoms with Gasteiger partial charge < -0.3 is 31.5 Å².